The summed E-state index contributed by atoms with van der Waals surface area (Å²) in [6.07, 6.45) is 1.09. The van der Waals surface area contributed by atoms with Crippen LogP contribution in [-0.4, -0.2) is 11.5 Å². The highest BCUT2D eigenvalue weighted by Gasteiger charge is 2.19. The number of hydrogen-bond donors (Lipinski definition) is 0. The van der Waals surface area contributed by atoms with Crippen molar-refractivity contribution in [2.75, 3.05) is 0 Å². The quantitative estimate of drug-likeness (QED) is 0.671. The first-order valence-electron chi connectivity index (χ1n) is 4.60. The molecule has 1 aromatic rings. The van der Waals surface area contributed by atoms with Crippen LogP contribution in [0.5, 0.6) is 0 Å². The highest BCUT2D eigenvalue weighted by Crippen LogP contribution is 2.27. The second-order valence-corrected chi connectivity index (χ2v) is 3.29. The topological polar surface area (TPSA) is 29.4 Å². The Morgan fingerprint density at radius 1 is 1.50 bits per heavy atom. The van der Waals surface area contributed by atoms with Crippen molar-refractivity contribution in [2.45, 2.75) is 19.8 Å². The predicted molar refractivity (Wildman–Crippen MR) is 52.7 cm³/mol. The van der Waals surface area contributed by atoms with Crippen molar-refractivity contribution in [3.05, 3.63) is 29.6 Å². The average Bonchev–Trinajstić information content (AvgIpc) is 2.19. The third kappa shape index (κ3) is 1.45. The van der Waals surface area contributed by atoms with Crippen LogP contribution in [0.1, 0.15) is 30.1 Å². The van der Waals surface area contributed by atoms with Crippen molar-refractivity contribution < 1.29 is 9.18 Å². The SMILES string of the molecule is CCC1=Nc2ccc(F)cc2C(=O)C1. The largest absolute Gasteiger partial charge is 0.294 e. The lowest BCUT2D eigenvalue weighted by molar-refractivity contribution is 0.0999. The van der Waals surface area contributed by atoms with Crippen LogP contribution in [0.25, 0.3) is 0 Å². The summed E-state index contributed by atoms with van der Waals surface area (Å²) in [6, 6.07) is 4.14. The van der Waals surface area contributed by atoms with E-state index >= 15 is 0 Å². The maximum Gasteiger partial charge on any atom is 0.170 e. The maximum absolute atomic E-state index is 12.8. The molecule has 0 unspecified atom stereocenters. The van der Waals surface area contributed by atoms with E-state index in [-0.39, 0.29) is 11.6 Å². The van der Waals surface area contributed by atoms with Gasteiger partial charge in [0.2, 0.25) is 0 Å². The van der Waals surface area contributed by atoms with Gasteiger partial charge in [0, 0.05) is 17.7 Å². The zero-order valence-electron chi connectivity index (χ0n) is 7.88. The van der Waals surface area contributed by atoms with Gasteiger partial charge in [-0.1, -0.05) is 6.92 Å². The molecule has 0 bridgehead atoms. The van der Waals surface area contributed by atoms with Crippen molar-refractivity contribution >= 4 is 17.2 Å². The Hall–Kier alpha value is -1.51. The third-order valence-electron chi connectivity index (χ3n) is 2.31. The molecule has 1 aliphatic rings. The first-order chi connectivity index (χ1) is 6.70. The first kappa shape index (κ1) is 9.06. The summed E-state index contributed by atoms with van der Waals surface area (Å²) in [4.78, 5) is 15.8. The zero-order valence-corrected chi connectivity index (χ0v) is 7.88. The van der Waals surface area contributed by atoms with Crippen molar-refractivity contribution in [3.8, 4) is 0 Å². The summed E-state index contributed by atoms with van der Waals surface area (Å²) in [7, 11) is 0. The minimum Gasteiger partial charge on any atom is -0.294 e. The van der Waals surface area contributed by atoms with E-state index in [4.69, 9.17) is 0 Å². The molecule has 2 nitrogen and oxygen atoms in total. The number of carbonyl (C=O) groups excluding carboxylic acids is 1. The molecule has 0 amide bonds. The smallest absolute Gasteiger partial charge is 0.170 e. The van der Waals surface area contributed by atoms with Gasteiger partial charge in [0.05, 0.1) is 5.69 Å². The molecule has 1 aromatic carbocycles. The second-order valence-electron chi connectivity index (χ2n) is 3.29. The van der Waals surface area contributed by atoms with Crippen molar-refractivity contribution in [3.63, 3.8) is 0 Å². The predicted octanol–water partition coefficient (Wildman–Crippen LogP) is 2.89. The van der Waals surface area contributed by atoms with E-state index in [2.05, 4.69) is 4.99 Å². The molecule has 1 aliphatic heterocycles. The normalized spacial score (nSPS) is 15.0. The molecule has 0 spiro atoms. The number of halogens is 1. The van der Waals surface area contributed by atoms with Gasteiger partial charge < -0.3 is 0 Å². The van der Waals surface area contributed by atoms with E-state index in [1.807, 2.05) is 6.92 Å². The summed E-state index contributed by atoms with van der Waals surface area (Å²) in [5.74, 6) is -0.418. The highest BCUT2D eigenvalue weighted by atomic mass is 19.1. The zero-order chi connectivity index (χ0) is 10.1. The Kier molecular flexibility index (Phi) is 2.15. The molecular weight excluding hydrogens is 181 g/mol. The van der Waals surface area contributed by atoms with Crippen LogP contribution in [-0.2, 0) is 0 Å². The maximum atomic E-state index is 12.8. The van der Waals surface area contributed by atoms with Crippen molar-refractivity contribution in [1.82, 2.24) is 0 Å². The average molecular weight is 191 g/mol. The fourth-order valence-corrected chi connectivity index (χ4v) is 1.52. The lowest BCUT2D eigenvalue weighted by Gasteiger charge is -2.12. The van der Waals surface area contributed by atoms with Crippen LogP contribution in [0, 0.1) is 5.82 Å². The standard InChI is InChI=1S/C11H10FNO/c1-2-8-6-11(14)9-5-7(12)3-4-10(9)13-8/h3-5H,2,6H2,1H3. The van der Waals surface area contributed by atoms with Gasteiger partial charge in [-0.25, -0.2) is 4.39 Å². The van der Waals surface area contributed by atoms with Gasteiger partial charge in [0.1, 0.15) is 5.82 Å². The van der Waals surface area contributed by atoms with Crippen LogP contribution in [0.4, 0.5) is 10.1 Å². The van der Waals surface area contributed by atoms with Crippen LogP contribution in [0.15, 0.2) is 23.2 Å². The molecule has 72 valence electrons. The van der Waals surface area contributed by atoms with Crippen molar-refractivity contribution in [2.24, 2.45) is 4.99 Å². The second kappa shape index (κ2) is 3.33. The number of fused-ring (bicyclic) bond motifs is 1. The molecule has 1 heterocycles. The Morgan fingerprint density at radius 3 is 3.00 bits per heavy atom. The van der Waals surface area contributed by atoms with Gasteiger partial charge in [0.25, 0.3) is 0 Å². The van der Waals surface area contributed by atoms with E-state index in [1.165, 1.54) is 12.1 Å². The molecule has 3 heteroatoms. The molecule has 0 saturated carbocycles. The van der Waals surface area contributed by atoms with Crippen LogP contribution >= 0.6 is 0 Å². The minimum atomic E-state index is -0.382. The number of aliphatic imine (C=N–C) groups is 1. The summed E-state index contributed by atoms with van der Waals surface area (Å²) in [5.41, 5.74) is 1.87. The van der Waals surface area contributed by atoms with Gasteiger partial charge in [-0.3, -0.25) is 9.79 Å². The Balaban J connectivity index is 2.54. The molecule has 0 radical (unpaired) electrons. The number of benzene rings is 1. The monoisotopic (exact) mass is 191 g/mol. The number of hydrogen-bond acceptors (Lipinski definition) is 2. The number of nitrogens with zero attached hydrogens (tertiary/aromatic N) is 1. The van der Waals surface area contributed by atoms with E-state index in [1.54, 1.807) is 6.07 Å². The Morgan fingerprint density at radius 2 is 2.29 bits per heavy atom. The lowest BCUT2D eigenvalue weighted by atomic mass is 9.99. The molecule has 0 N–H and O–H groups in total. The van der Waals surface area contributed by atoms with E-state index in [0.29, 0.717) is 17.7 Å². The van der Waals surface area contributed by atoms with Gasteiger partial charge in [-0.05, 0) is 24.6 Å². The summed E-state index contributed by atoms with van der Waals surface area (Å²) in [6.45, 7) is 1.96. The molecule has 0 aromatic heterocycles. The lowest BCUT2D eigenvalue weighted by Crippen LogP contribution is -2.12. The highest BCUT2D eigenvalue weighted by molar-refractivity contribution is 6.15. The third-order valence-corrected chi connectivity index (χ3v) is 2.31. The molecule has 0 aliphatic carbocycles. The van der Waals surface area contributed by atoms with Gasteiger partial charge in [-0.15, -0.1) is 0 Å². The molecule has 2 rings (SSSR count). The van der Waals surface area contributed by atoms with E-state index in [9.17, 15) is 9.18 Å². The summed E-state index contributed by atoms with van der Waals surface area (Å²) >= 11 is 0. The van der Waals surface area contributed by atoms with Gasteiger partial charge >= 0.3 is 0 Å². The van der Waals surface area contributed by atoms with Crippen LogP contribution in [0.3, 0.4) is 0 Å². The molecule has 0 fully saturated rings. The molecular formula is C11H10FNO. The fraction of sp³-hybridized carbons (Fsp3) is 0.273. The number of carbonyl (C=O) groups is 1. The minimum absolute atomic E-state index is 0.0358. The van der Waals surface area contributed by atoms with E-state index < -0.39 is 0 Å². The first-order valence-corrected chi connectivity index (χ1v) is 4.60. The number of Topliss-reactive ketones (excluding diaryl/α,β-unsaturated/α-hetero) is 1. The molecule has 14 heavy (non-hydrogen) atoms. The van der Waals surface area contributed by atoms with E-state index in [0.717, 1.165) is 12.1 Å². The summed E-state index contributed by atoms with van der Waals surface area (Å²) < 4.78 is 12.8. The number of ketones is 1. The molecule has 0 saturated heterocycles. The fourth-order valence-electron chi connectivity index (χ4n) is 1.52. The van der Waals surface area contributed by atoms with Crippen LogP contribution in [0.2, 0.25) is 0 Å². The van der Waals surface area contributed by atoms with Crippen LogP contribution < -0.4 is 0 Å². The van der Waals surface area contributed by atoms with Gasteiger partial charge in [0.15, 0.2) is 5.78 Å². The van der Waals surface area contributed by atoms with Crippen molar-refractivity contribution in [1.29, 1.82) is 0 Å². The molecule has 0 atom stereocenters. The Labute approximate surface area is 81.5 Å². The van der Waals surface area contributed by atoms with Gasteiger partial charge in [-0.2, -0.15) is 0 Å². The number of rotatable bonds is 1. The Bertz CT molecular complexity index is 423. The summed E-state index contributed by atoms with van der Waals surface area (Å²) in [5, 5.41) is 0.